The highest BCUT2D eigenvalue weighted by Crippen LogP contribution is 2.27. The molecule has 1 N–H and O–H groups in total. The number of methoxy groups -OCH3 is 2. The van der Waals surface area contributed by atoms with Gasteiger partial charge in [-0.05, 0) is 36.6 Å². The standard InChI is InChI=1S/C22H23ClN4O5/c1-31-18-6-5-13(8-17(18)23)11-27-19-14(9-16(20(27)29)21(30)32-2)10-24-22(25-19)26-7-3-4-15(26)12-28/h5-6,8-10,15,28H,3-4,7,11-12H2,1-2H3. The Morgan fingerprint density at radius 3 is 2.81 bits per heavy atom. The monoisotopic (exact) mass is 458 g/mol. The number of fused-ring (bicyclic) bond motifs is 1. The van der Waals surface area contributed by atoms with E-state index in [1.165, 1.54) is 24.9 Å². The molecule has 1 aliphatic rings. The lowest BCUT2D eigenvalue weighted by atomic mass is 10.1. The van der Waals surface area contributed by atoms with Gasteiger partial charge < -0.3 is 19.5 Å². The number of halogens is 1. The van der Waals surface area contributed by atoms with Gasteiger partial charge in [0.05, 0.1) is 38.4 Å². The first kappa shape index (κ1) is 22.0. The molecule has 10 heteroatoms. The van der Waals surface area contributed by atoms with Gasteiger partial charge in [-0.2, -0.15) is 4.98 Å². The van der Waals surface area contributed by atoms with Gasteiger partial charge in [0.15, 0.2) is 0 Å². The van der Waals surface area contributed by atoms with E-state index < -0.39 is 11.5 Å². The average Bonchev–Trinajstić information content (AvgIpc) is 3.29. The first-order chi connectivity index (χ1) is 15.5. The van der Waals surface area contributed by atoms with Crippen molar-refractivity contribution in [2.24, 2.45) is 0 Å². The molecule has 0 bridgehead atoms. The summed E-state index contributed by atoms with van der Waals surface area (Å²) in [5.74, 6) is 0.216. The van der Waals surface area contributed by atoms with Gasteiger partial charge in [0, 0.05) is 18.1 Å². The third kappa shape index (κ3) is 4.01. The number of anilines is 1. The average molecular weight is 459 g/mol. The summed E-state index contributed by atoms with van der Waals surface area (Å²) in [6.45, 7) is 0.846. The smallest absolute Gasteiger partial charge is 0.343 e. The van der Waals surface area contributed by atoms with Crippen molar-refractivity contribution in [1.29, 1.82) is 0 Å². The van der Waals surface area contributed by atoms with Crippen LogP contribution in [-0.4, -0.2) is 59.0 Å². The molecule has 1 atom stereocenters. The molecule has 0 radical (unpaired) electrons. The maximum Gasteiger partial charge on any atom is 0.343 e. The Bertz CT molecular complexity index is 1230. The fourth-order valence-corrected chi connectivity index (χ4v) is 4.25. The van der Waals surface area contributed by atoms with Crippen LogP contribution in [0.4, 0.5) is 5.95 Å². The number of pyridine rings is 1. The number of hydrogen-bond donors (Lipinski definition) is 1. The third-order valence-electron chi connectivity index (χ3n) is 5.62. The minimum absolute atomic E-state index is 0.000170. The molecule has 1 aromatic carbocycles. The molecule has 1 saturated heterocycles. The lowest BCUT2D eigenvalue weighted by molar-refractivity contribution is 0.0598. The maximum absolute atomic E-state index is 13.2. The second-order valence-electron chi connectivity index (χ2n) is 7.53. The first-order valence-electron chi connectivity index (χ1n) is 10.2. The van der Waals surface area contributed by atoms with Crippen LogP contribution in [0.5, 0.6) is 5.75 Å². The van der Waals surface area contributed by atoms with Gasteiger partial charge in [-0.1, -0.05) is 17.7 Å². The van der Waals surface area contributed by atoms with E-state index in [0.29, 0.717) is 27.8 Å². The van der Waals surface area contributed by atoms with E-state index in [-0.39, 0.29) is 24.8 Å². The van der Waals surface area contributed by atoms with E-state index in [4.69, 9.17) is 21.1 Å². The molecule has 0 spiro atoms. The summed E-state index contributed by atoms with van der Waals surface area (Å²) in [6.07, 6.45) is 3.34. The number of aliphatic hydroxyl groups is 1. The van der Waals surface area contributed by atoms with Crippen LogP contribution in [0.1, 0.15) is 28.8 Å². The van der Waals surface area contributed by atoms with Gasteiger partial charge in [0.25, 0.3) is 5.56 Å². The molecule has 1 fully saturated rings. The summed E-state index contributed by atoms with van der Waals surface area (Å²) >= 11 is 6.26. The minimum atomic E-state index is -0.734. The molecule has 2 aromatic heterocycles. The lowest BCUT2D eigenvalue weighted by Gasteiger charge is -2.23. The molecule has 168 valence electrons. The van der Waals surface area contributed by atoms with Crippen LogP contribution >= 0.6 is 11.6 Å². The number of aliphatic hydroxyl groups excluding tert-OH is 1. The van der Waals surface area contributed by atoms with E-state index in [1.807, 2.05) is 4.90 Å². The second-order valence-corrected chi connectivity index (χ2v) is 7.94. The van der Waals surface area contributed by atoms with Gasteiger partial charge >= 0.3 is 5.97 Å². The van der Waals surface area contributed by atoms with Crippen LogP contribution in [0.25, 0.3) is 11.0 Å². The van der Waals surface area contributed by atoms with Crippen molar-refractivity contribution in [2.75, 3.05) is 32.3 Å². The number of hydrogen-bond acceptors (Lipinski definition) is 8. The number of esters is 1. The van der Waals surface area contributed by atoms with E-state index in [0.717, 1.165) is 24.9 Å². The summed E-state index contributed by atoms with van der Waals surface area (Å²) in [5, 5.41) is 10.6. The summed E-state index contributed by atoms with van der Waals surface area (Å²) < 4.78 is 11.4. The number of carbonyl (C=O) groups excluding carboxylic acids is 1. The quantitative estimate of drug-likeness (QED) is 0.560. The van der Waals surface area contributed by atoms with Crippen molar-refractivity contribution in [3.8, 4) is 5.75 Å². The molecule has 4 rings (SSSR count). The summed E-state index contributed by atoms with van der Waals surface area (Å²) in [6, 6.07) is 6.58. The zero-order valence-corrected chi connectivity index (χ0v) is 18.5. The molecule has 3 heterocycles. The number of rotatable bonds is 6. The van der Waals surface area contributed by atoms with Crippen LogP contribution in [0, 0.1) is 0 Å². The van der Waals surface area contributed by atoms with Crippen LogP contribution in [-0.2, 0) is 11.3 Å². The van der Waals surface area contributed by atoms with E-state index in [2.05, 4.69) is 9.97 Å². The van der Waals surface area contributed by atoms with E-state index in [1.54, 1.807) is 24.4 Å². The molecule has 0 amide bonds. The first-order valence-corrected chi connectivity index (χ1v) is 10.5. The predicted octanol–water partition coefficient (Wildman–Crippen LogP) is 2.25. The van der Waals surface area contributed by atoms with Crippen molar-refractivity contribution in [2.45, 2.75) is 25.4 Å². The zero-order valence-electron chi connectivity index (χ0n) is 17.7. The summed E-state index contributed by atoms with van der Waals surface area (Å²) in [5.41, 5.74) is 0.477. The number of nitrogens with zero attached hydrogens (tertiary/aromatic N) is 4. The van der Waals surface area contributed by atoms with E-state index in [9.17, 15) is 14.7 Å². The van der Waals surface area contributed by atoms with Crippen molar-refractivity contribution in [3.05, 3.63) is 57.0 Å². The Kier molecular flexibility index (Phi) is 6.29. The van der Waals surface area contributed by atoms with Crippen molar-refractivity contribution >= 4 is 34.6 Å². The molecule has 0 aliphatic carbocycles. The highest BCUT2D eigenvalue weighted by Gasteiger charge is 2.27. The highest BCUT2D eigenvalue weighted by atomic mass is 35.5. The molecule has 3 aromatic rings. The summed E-state index contributed by atoms with van der Waals surface area (Å²) in [7, 11) is 2.75. The molecule has 32 heavy (non-hydrogen) atoms. The van der Waals surface area contributed by atoms with Crippen LogP contribution < -0.4 is 15.2 Å². The number of aromatic nitrogens is 3. The Morgan fingerprint density at radius 2 is 2.12 bits per heavy atom. The minimum Gasteiger partial charge on any atom is -0.495 e. The molecule has 1 aliphatic heterocycles. The van der Waals surface area contributed by atoms with Gasteiger partial charge in [-0.15, -0.1) is 0 Å². The Hall–Kier alpha value is -3.17. The number of benzene rings is 1. The molecular weight excluding hydrogens is 436 g/mol. The molecule has 1 unspecified atom stereocenters. The van der Waals surface area contributed by atoms with Crippen LogP contribution in [0.15, 0.2) is 35.3 Å². The topological polar surface area (TPSA) is 107 Å². The molecule has 0 saturated carbocycles. The predicted molar refractivity (Wildman–Crippen MR) is 120 cm³/mol. The third-order valence-corrected chi connectivity index (χ3v) is 5.92. The van der Waals surface area contributed by atoms with Crippen LogP contribution in [0.3, 0.4) is 0 Å². The van der Waals surface area contributed by atoms with Crippen molar-refractivity contribution in [1.82, 2.24) is 14.5 Å². The van der Waals surface area contributed by atoms with Crippen molar-refractivity contribution in [3.63, 3.8) is 0 Å². The Morgan fingerprint density at radius 1 is 1.31 bits per heavy atom. The largest absolute Gasteiger partial charge is 0.495 e. The van der Waals surface area contributed by atoms with Gasteiger partial charge in [0.2, 0.25) is 5.95 Å². The molecule has 9 nitrogen and oxygen atoms in total. The zero-order chi connectivity index (χ0) is 22.8. The van der Waals surface area contributed by atoms with Gasteiger partial charge in [-0.25, -0.2) is 9.78 Å². The van der Waals surface area contributed by atoms with Gasteiger partial charge in [-0.3, -0.25) is 9.36 Å². The Balaban J connectivity index is 1.87. The molecular formula is C22H23ClN4O5. The summed E-state index contributed by atoms with van der Waals surface area (Å²) in [4.78, 5) is 36.5. The van der Waals surface area contributed by atoms with Gasteiger partial charge in [0.1, 0.15) is 17.0 Å². The highest BCUT2D eigenvalue weighted by molar-refractivity contribution is 6.32. The SMILES string of the molecule is COC(=O)c1cc2cnc(N3CCCC3CO)nc2n(Cc2ccc(OC)c(Cl)c2)c1=O. The number of ether oxygens (including phenoxy) is 2. The van der Waals surface area contributed by atoms with E-state index >= 15 is 0 Å². The lowest BCUT2D eigenvalue weighted by Crippen LogP contribution is -2.34. The fourth-order valence-electron chi connectivity index (χ4n) is 3.97. The maximum atomic E-state index is 13.2. The second kappa shape index (κ2) is 9.13. The van der Waals surface area contributed by atoms with Crippen LogP contribution in [0.2, 0.25) is 5.02 Å². The number of carbonyl (C=O) groups is 1. The Labute approximate surface area is 189 Å². The normalized spacial score (nSPS) is 15.9. The van der Waals surface area contributed by atoms with Crippen molar-refractivity contribution < 1.29 is 19.4 Å². The fraction of sp³-hybridized carbons (Fsp3) is 0.364.